The van der Waals surface area contributed by atoms with Gasteiger partial charge in [0.15, 0.2) is 0 Å². The summed E-state index contributed by atoms with van der Waals surface area (Å²) in [5.41, 5.74) is 1.23. The monoisotopic (exact) mass is 406 g/mol. The molecule has 0 aliphatic rings. The molecule has 0 spiro atoms. The van der Waals surface area contributed by atoms with Crippen LogP contribution in [0.25, 0.3) is 11.0 Å². The van der Waals surface area contributed by atoms with Gasteiger partial charge in [0.25, 0.3) is 0 Å². The van der Waals surface area contributed by atoms with Gasteiger partial charge in [0, 0.05) is 6.07 Å². The molecule has 0 saturated carbocycles. The molecule has 2 aromatic carbocycles. The quantitative estimate of drug-likeness (QED) is 0.460. The van der Waals surface area contributed by atoms with Crippen molar-refractivity contribution in [2.75, 3.05) is 0 Å². The van der Waals surface area contributed by atoms with Crippen molar-refractivity contribution in [1.29, 1.82) is 0 Å². The van der Waals surface area contributed by atoms with Crippen molar-refractivity contribution in [3.05, 3.63) is 88.2 Å². The zero-order valence-electron chi connectivity index (χ0n) is 16.1. The zero-order chi connectivity index (χ0) is 21.1. The Kier molecular flexibility index (Phi) is 5.26. The average molecular weight is 406 g/mol. The molecular weight excluding hydrogens is 388 g/mol. The van der Waals surface area contributed by atoms with Crippen molar-refractivity contribution in [3.63, 3.8) is 0 Å². The molecule has 7 nitrogen and oxygen atoms in total. The van der Waals surface area contributed by atoms with Crippen molar-refractivity contribution in [3.8, 4) is 17.2 Å². The van der Waals surface area contributed by atoms with E-state index >= 15 is 0 Å². The van der Waals surface area contributed by atoms with Crippen LogP contribution in [-0.4, -0.2) is 11.1 Å². The Morgan fingerprint density at radius 3 is 2.50 bits per heavy atom. The highest BCUT2D eigenvalue weighted by Gasteiger charge is 2.12. The molecule has 0 bridgehead atoms. The van der Waals surface area contributed by atoms with Gasteiger partial charge in [0.1, 0.15) is 35.7 Å². The third kappa shape index (κ3) is 4.05. The lowest BCUT2D eigenvalue weighted by molar-refractivity contribution is 0.0658. The van der Waals surface area contributed by atoms with Crippen LogP contribution in [0.15, 0.2) is 74.5 Å². The lowest BCUT2D eigenvalue weighted by Gasteiger charge is -2.08. The second-order valence-electron chi connectivity index (χ2n) is 6.55. The van der Waals surface area contributed by atoms with Crippen molar-refractivity contribution in [1.82, 2.24) is 0 Å². The number of fused-ring (bicyclic) bond motifs is 1. The molecule has 30 heavy (non-hydrogen) atoms. The van der Waals surface area contributed by atoms with Gasteiger partial charge in [-0.3, -0.25) is 4.79 Å². The van der Waals surface area contributed by atoms with Crippen LogP contribution in [0, 0.1) is 0 Å². The number of rotatable bonds is 7. The second kappa shape index (κ2) is 8.16. The molecule has 152 valence electrons. The molecule has 0 amide bonds. The van der Waals surface area contributed by atoms with Gasteiger partial charge in [0.05, 0.1) is 5.39 Å². The molecule has 0 saturated heterocycles. The maximum Gasteiger partial charge on any atom is 0.371 e. The highest BCUT2D eigenvalue weighted by Crippen LogP contribution is 2.25. The molecule has 0 atom stereocenters. The first-order valence-corrected chi connectivity index (χ1v) is 9.30. The van der Waals surface area contributed by atoms with Crippen LogP contribution >= 0.6 is 0 Å². The summed E-state index contributed by atoms with van der Waals surface area (Å²) in [6, 6.07) is 15.2. The minimum Gasteiger partial charge on any atom is -0.486 e. The first-order chi connectivity index (χ1) is 14.5. The molecule has 7 heteroatoms. The van der Waals surface area contributed by atoms with Crippen LogP contribution < -0.4 is 14.9 Å². The summed E-state index contributed by atoms with van der Waals surface area (Å²) in [7, 11) is 0. The Hall–Kier alpha value is -4.00. The van der Waals surface area contributed by atoms with E-state index in [0.29, 0.717) is 28.2 Å². The maximum absolute atomic E-state index is 12.7. The molecule has 0 fully saturated rings. The minimum absolute atomic E-state index is 0.0397. The van der Waals surface area contributed by atoms with E-state index in [2.05, 4.69) is 6.92 Å². The number of hydrogen-bond donors (Lipinski definition) is 1. The Labute approximate surface area is 171 Å². The third-order valence-corrected chi connectivity index (χ3v) is 4.53. The van der Waals surface area contributed by atoms with E-state index in [4.69, 9.17) is 23.4 Å². The zero-order valence-corrected chi connectivity index (χ0v) is 16.1. The van der Waals surface area contributed by atoms with Gasteiger partial charge in [-0.2, -0.15) is 0 Å². The number of aryl methyl sites for hydroxylation is 1. The molecule has 4 aromatic rings. The normalized spacial score (nSPS) is 10.8. The lowest BCUT2D eigenvalue weighted by Crippen LogP contribution is -2.05. The molecule has 0 aliphatic heterocycles. The predicted molar refractivity (Wildman–Crippen MR) is 108 cm³/mol. The summed E-state index contributed by atoms with van der Waals surface area (Å²) in [6.45, 7) is 2.10. The number of aromatic carboxylic acids is 1. The van der Waals surface area contributed by atoms with Crippen LogP contribution in [0.4, 0.5) is 0 Å². The molecule has 1 N–H and O–H groups in total. The first kappa shape index (κ1) is 19.3. The summed E-state index contributed by atoms with van der Waals surface area (Å²) in [4.78, 5) is 23.6. The molecule has 2 aromatic heterocycles. The number of carboxylic acid groups (broad SMARTS) is 1. The summed E-state index contributed by atoms with van der Waals surface area (Å²) in [5.74, 6) is 0.160. The standard InChI is InChI=1S/C23H18O7/c1-2-14-3-5-15(6-4-14)29-21-13-28-20-11-16(7-9-18(20)22(21)24)27-12-17-8-10-19(30-17)23(25)26/h3-11,13H,2,12H2,1H3,(H,25,26). The number of furan rings is 1. The van der Waals surface area contributed by atoms with Crippen molar-refractivity contribution in [2.24, 2.45) is 0 Å². The summed E-state index contributed by atoms with van der Waals surface area (Å²) < 4.78 is 22.0. The molecular formula is C23H18O7. The first-order valence-electron chi connectivity index (χ1n) is 9.30. The van der Waals surface area contributed by atoms with E-state index in [1.807, 2.05) is 24.3 Å². The van der Waals surface area contributed by atoms with E-state index in [-0.39, 0.29) is 23.5 Å². The fourth-order valence-electron chi connectivity index (χ4n) is 2.90. The molecule has 0 radical (unpaired) electrons. The fourth-order valence-corrected chi connectivity index (χ4v) is 2.90. The van der Waals surface area contributed by atoms with Gasteiger partial charge >= 0.3 is 5.97 Å². The smallest absolute Gasteiger partial charge is 0.371 e. The van der Waals surface area contributed by atoms with E-state index in [1.54, 1.807) is 18.2 Å². The van der Waals surface area contributed by atoms with Crippen LogP contribution in [-0.2, 0) is 13.0 Å². The number of carbonyl (C=O) groups is 1. The molecule has 2 heterocycles. The van der Waals surface area contributed by atoms with Crippen LogP contribution in [0.5, 0.6) is 17.2 Å². The van der Waals surface area contributed by atoms with Crippen LogP contribution in [0.2, 0.25) is 0 Å². The van der Waals surface area contributed by atoms with Crippen molar-refractivity contribution < 1.29 is 28.2 Å². The van der Waals surface area contributed by atoms with Gasteiger partial charge in [-0.25, -0.2) is 4.79 Å². The van der Waals surface area contributed by atoms with Gasteiger partial charge in [0.2, 0.25) is 16.9 Å². The Balaban J connectivity index is 1.51. The molecule has 0 unspecified atom stereocenters. The summed E-state index contributed by atoms with van der Waals surface area (Å²) >= 11 is 0. The SMILES string of the molecule is CCc1ccc(Oc2coc3cc(OCc4ccc(C(=O)O)o4)ccc3c2=O)cc1. The number of benzene rings is 2. The van der Waals surface area contributed by atoms with Gasteiger partial charge in [-0.05, 0) is 48.4 Å². The molecule has 0 aliphatic carbocycles. The average Bonchev–Trinajstić information content (AvgIpc) is 3.24. The predicted octanol–water partition coefficient (Wildman–Crippen LogP) is 5.02. The third-order valence-electron chi connectivity index (χ3n) is 4.53. The van der Waals surface area contributed by atoms with Crippen LogP contribution in [0.3, 0.4) is 0 Å². The summed E-state index contributed by atoms with van der Waals surface area (Å²) in [5, 5.41) is 9.24. The van der Waals surface area contributed by atoms with Gasteiger partial charge in [-0.15, -0.1) is 0 Å². The highest BCUT2D eigenvalue weighted by molar-refractivity contribution is 5.84. The fraction of sp³-hybridized carbons (Fsp3) is 0.130. The largest absolute Gasteiger partial charge is 0.486 e. The second-order valence-corrected chi connectivity index (χ2v) is 6.55. The minimum atomic E-state index is -1.15. The van der Waals surface area contributed by atoms with Crippen molar-refractivity contribution >= 4 is 16.9 Å². The Morgan fingerprint density at radius 1 is 1.03 bits per heavy atom. The van der Waals surface area contributed by atoms with E-state index in [9.17, 15) is 9.59 Å². The highest BCUT2D eigenvalue weighted by atomic mass is 16.5. The maximum atomic E-state index is 12.7. The Morgan fingerprint density at radius 2 is 1.80 bits per heavy atom. The van der Waals surface area contributed by atoms with E-state index in [0.717, 1.165) is 6.42 Å². The van der Waals surface area contributed by atoms with Gasteiger partial charge in [-0.1, -0.05) is 19.1 Å². The molecule has 4 rings (SSSR count). The topological polar surface area (TPSA) is 99.1 Å². The lowest BCUT2D eigenvalue weighted by atomic mass is 10.2. The van der Waals surface area contributed by atoms with E-state index < -0.39 is 5.97 Å². The van der Waals surface area contributed by atoms with Gasteiger partial charge < -0.3 is 23.4 Å². The summed E-state index contributed by atoms with van der Waals surface area (Å²) in [6.07, 6.45) is 2.19. The number of carboxylic acids is 1. The van der Waals surface area contributed by atoms with Crippen molar-refractivity contribution in [2.45, 2.75) is 20.0 Å². The Bertz CT molecular complexity index is 1250. The number of hydrogen-bond acceptors (Lipinski definition) is 6. The number of ether oxygens (including phenoxy) is 2. The van der Waals surface area contributed by atoms with E-state index in [1.165, 1.54) is 24.0 Å². The van der Waals surface area contributed by atoms with Crippen LogP contribution in [0.1, 0.15) is 28.8 Å².